The highest BCUT2D eigenvalue weighted by Crippen LogP contribution is 2.23. The summed E-state index contributed by atoms with van der Waals surface area (Å²) in [4.78, 5) is 13.7. The summed E-state index contributed by atoms with van der Waals surface area (Å²) in [6, 6.07) is 7.35. The SMILES string of the molecule is COC(=O)c1ccc(N2CCCC2)cc1C#N. The lowest BCUT2D eigenvalue weighted by Crippen LogP contribution is -2.18. The molecule has 4 nitrogen and oxygen atoms in total. The van der Waals surface area contributed by atoms with Crippen molar-refractivity contribution in [2.75, 3.05) is 25.1 Å². The van der Waals surface area contributed by atoms with E-state index in [0.717, 1.165) is 18.8 Å². The lowest BCUT2D eigenvalue weighted by atomic mass is 10.1. The lowest BCUT2D eigenvalue weighted by molar-refractivity contribution is 0.0600. The molecular weight excluding hydrogens is 216 g/mol. The van der Waals surface area contributed by atoms with E-state index in [4.69, 9.17) is 5.26 Å². The summed E-state index contributed by atoms with van der Waals surface area (Å²) in [5.41, 5.74) is 1.71. The summed E-state index contributed by atoms with van der Waals surface area (Å²) in [7, 11) is 1.32. The number of esters is 1. The van der Waals surface area contributed by atoms with Gasteiger partial charge in [-0.1, -0.05) is 0 Å². The van der Waals surface area contributed by atoms with Gasteiger partial charge in [0.05, 0.1) is 18.2 Å². The van der Waals surface area contributed by atoms with Crippen molar-refractivity contribution >= 4 is 11.7 Å². The molecule has 88 valence electrons. The standard InChI is InChI=1S/C13H14N2O2/c1-17-13(16)12-5-4-11(8-10(12)9-14)15-6-2-3-7-15/h4-5,8H,2-3,6-7H2,1H3. The molecular formula is C13H14N2O2. The first-order valence-electron chi connectivity index (χ1n) is 5.63. The van der Waals surface area contributed by atoms with E-state index in [1.807, 2.05) is 12.1 Å². The van der Waals surface area contributed by atoms with E-state index in [1.54, 1.807) is 12.1 Å². The lowest BCUT2D eigenvalue weighted by Gasteiger charge is -2.18. The summed E-state index contributed by atoms with van der Waals surface area (Å²) < 4.78 is 4.64. The molecule has 0 amide bonds. The molecule has 17 heavy (non-hydrogen) atoms. The van der Waals surface area contributed by atoms with E-state index in [0.29, 0.717) is 11.1 Å². The van der Waals surface area contributed by atoms with Crippen molar-refractivity contribution in [1.82, 2.24) is 0 Å². The van der Waals surface area contributed by atoms with E-state index >= 15 is 0 Å². The second-order valence-corrected chi connectivity index (χ2v) is 4.03. The molecule has 2 rings (SSSR count). The van der Waals surface area contributed by atoms with Crippen LogP contribution in [0.25, 0.3) is 0 Å². The van der Waals surface area contributed by atoms with E-state index < -0.39 is 5.97 Å². The third-order valence-corrected chi connectivity index (χ3v) is 3.00. The molecule has 1 aromatic carbocycles. The van der Waals surface area contributed by atoms with Crippen LogP contribution in [0.1, 0.15) is 28.8 Å². The van der Waals surface area contributed by atoms with Crippen LogP contribution in [0.4, 0.5) is 5.69 Å². The molecule has 0 bridgehead atoms. The third kappa shape index (κ3) is 2.23. The zero-order valence-electron chi connectivity index (χ0n) is 9.77. The number of methoxy groups -OCH3 is 1. The van der Waals surface area contributed by atoms with E-state index in [-0.39, 0.29) is 0 Å². The van der Waals surface area contributed by atoms with Crippen LogP contribution in [-0.2, 0) is 4.74 Å². The van der Waals surface area contributed by atoms with Gasteiger partial charge < -0.3 is 9.64 Å². The number of hydrogen-bond donors (Lipinski definition) is 0. The van der Waals surface area contributed by atoms with E-state index in [9.17, 15) is 4.79 Å². The number of anilines is 1. The molecule has 0 N–H and O–H groups in total. The molecule has 0 aromatic heterocycles. The van der Waals surface area contributed by atoms with Gasteiger partial charge >= 0.3 is 5.97 Å². The summed E-state index contributed by atoms with van der Waals surface area (Å²) in [6.45, 7) is 2.03. The normalized spacial score (nSPS) is 14.5. The minimum absolute atomic E-state index is 0.331. The molecule has 0 unspecified atom stereocenters. The molecule has 1 aromatic rings. The number of nitrogens with zero attached hydrogens (tertiary/aromatic N) is 2. The first-order chi connectivity index (χ1) is 8.26. The van der Waals surface area contributed by atoms with Gasteiger partial charge in [-0.15, -0.1) is 0 Å². The number of hydrogen-bond acceptors (Lipinski definition) is 4. The fourth-order valence-corrected chi connectivity index (χ4v) is 2.08. The van der Waals surface area contributed by atoms with Gasteiger partial charge in [0.25, 0.3) is 0 Å². The van der Waals surface area contributed by atoms with Crippen molar-refractivity contribution in [1.29, 1.82) is 5.26 Å². The van der Waals surface area contributed by atoms with Crippen LogP contribution in [0.3, 0.4) is 0 Å². The van der Waals surface area contributed by atoms with Crippen LogP contribution >= 0.6 is 0 Å². The van der Waals surface area contributed by atoms with Crippen LogP contribution in [0.2, 0.25) is 0 Å². The Hall–Kier alpha value is -2.02. The van der Waals surface area contributed by atoms with Crippen molar-refractivity contribution in [3.63, 3.8) is 0 Å². The average Bonchev–Trinajstić information content (AvgIpc) is 2.91. The fourth-order valence-electron chi connectivity index (χ4n) is 2.08. The molecule has 1 aliphatic heterocycles. The number of ether oxygens (including phenoxy) is 1. The number of carbonyl (C=O) groups is 1. The fraction of sp³-hybridized carbons (Fsp3) is 0.385. The van der Waals surface area contributed by atoms with Gasteiger partial charge in [-0.05, 0) is 31.0 Å². The zero-order chi connectivity index (χ0) is 12.3. The Balaban J connectivity index is 2.34. The van der Waals surface area contributed by atoms with Crippen LogP contribution in [-0.4, -0.2) is 26.2 Å². The molecule has 4 heteroatoms. The molecule has 0 saturated carbocycles. The Kier molecular flexibility index (Phi) is 3.29. The summed E-state index contributed by atoms with van der Waals surface area (Å²) in [5.74, 6) is -0.463. The van der Waals surface area contributed by atoms with Gasteiger partial charge in [0.2, 0.25) is 0 Å². The highest BCUT2D eigenvalue weighted by Gasteiger charge is 2.16. The highest BCUT2D eigenvalue weighted by molar-refractivity contribution is 5.92. The number of nitriles is 1. The average molecular weight is 230 g/mol. The van der Waals surface area contributed by atoms with Gasteiger partial charge in [0.1, 0.15) is 6.07 Å². The van der Waals surface area contributed by atoms with Crippen molar-refractivity contribution in [3.05, 3.63) is 29.3 Å². The van der Waals surface area contributed by atoms with Crippen LogP contribution in [0, 0.1) is 11.3 Å². The Morgan fingerprint density at radius 1 is 1.41 bits per heavy atom. The molecule has 1 fully saturated rings. The first-order valence-corrected chi connectivity index (χ1v) is 5.63. The number of benzene rings is 1. The minimum Gasteiger partial charge on any atom is -0.465 e. The molecule has 1 heterocycles. The Morgan fingerprint density at radius 3 is 2.71 bits per heavy atom. The van der Waals surface area contributed by atoms with Crippen LogP contribution < -0.4 is 4.90 Å². The van der Waals surface area contributed by atoms with Crippen LogP contribution in [0.5, 0.6) is 0 Å². The summed E-state index contributed by atoms with van der Waals surface area (Å²) >= 11 is 0. The van der Waals surface area contributed by atoms with E-state index in [1.165, 1.54) is 20.0 Å². The largest absolute Gasteiger partial charge is 0.465 e. The smallest absolute Gasteiger partial charge is 0.339 e. The van der Waals surface area contributed by atoms with Crippen molar-refractivity contribution < 1.29 is 9.53 Å². The van der Waals surface area contributed by atoms with Gasteiger partial charge in [-0.3, -0.25) is 0 Å². The second-order valence-electron chi connectivity index (χ2n) is 4.03. The Morgan fingerprint density at radius 2 is 2.12 bits per heavy atom. The first kappa shape index (κ1) is 11.5. The van der Waals surface area contributed by atoms with Gasteiger partial charge in [0.15, 0.2) is 0 Å². The topological polar surface area (TPSA) is 53.3 Å². The third-order valence-electron chi connectivity index (χ3n) is 3.00. The summed E-state index contributed by atoms with van der Waals surface area (Å²) in [5, 5.41) is 9.05. The van der Waals surface area contributed by atoms with Gasteiger partial charge in [-0.25, -0.2) is 4.79 Å². The second kappa shape index (κ2) is 4.88. The monoisotopic (exact) mass is 230 g/mol. The molecule has 0 atom stereocenters. The summed E-state index contributed by atoms with van der Waals surface area (Å²) in [6.07, 6.45) is 2.36. The predicted octanol–water partition coefficient (Wildman–Crippen LogP) is 1.95. The quantitative estimate of drug-likeness (QED) is 0.729. The van der Waals surface area contributed by atoms with Crippen molar-refractivity contribution in [3.8, 4) is 6.07 Å². The Labute approximate surface area is 100 Å². The van der Waals surface area contributed by atoms with E-state index in [2.05, 4.69) is 9.64 Å². The maximum atomic E-state index is 11.4. The van der Waals surface area contributed by atoms with Gasteiger partial charge in [-0.2, -0.15) is 5.26 Å². The zero-order valence-corrected chi connectivity index (χ0v) is 9.77. The van der Waals surface area contributed by atoms with Crippen molar-refractivity contribution in [2.24, 2.45) is 0 Å². The highest BCUT2D eigenvalue weighted by atomic mass is 16.5. The molecule has 0 aliphatic carbocycles. The molecule has 1 saturated heterocycles. The van der Waals surface area contributed by atoms with Crippen LogP contribution in [0.15, 0.2) is 18.2 Å². The molecule has 0 radical (unpaired) electrons. The molecule has 1 aliphatic rings. The maximum Gasteiger partial charge on any atom is 0.339 e. The molecule has 0 spiro atoms. The number of carbonyl (C=O) groups excluding carboxylic acids is 1. The van der Waals surface area contributed by atoms with Crippen molar-refractivity contribution in [2.45, 2.75) is 12.8 Å². The maximum absolute atomic E-state index is 11.4. The number of rotatable bonds is 2. The van der Waals surface area contributed by atoms with Gasteiger partial charge in [0, 0.05) is 18.8 Å². The Bertz CT molecular complexity index is 471. The predicted molar refractivity (Wildman–Crippen MR) is 63.9 cm³/mol. The minimum atomic E-state index is -0.463.